The van der Waals surface area contributed by atoms with Crippen molar-refractivity contribution in [3.05, 3.63) is 70.2 Å². The first-order chi connectivity index (χ1) is 13.4. The summed E-state index contributed by atoms with van der Waals surface area (Å²) in [4.78, 5) is 29.7. The van der Waals surface area contributed by atoms with Gasteiger partial charge in [-0.05, 0) is 56.3 Å². The first-order valence-electron chi connectivity index (χ1n) is 8.47. The Morgan fingerprint density at radius 2 is 1.89 bits per heavy atom. The second kappa shape index (κ2) is 9.23. The van der Waals surface area contributed by atoms with Gasteiger partial charge in [-0.3, -0.25) is 9.59 Å². The van der Waals surface area contributed by atoms with Gasteiger partial charge in [-0.1, -0.05) is 17.7 Å². The van der Waals surface area contributed by atoms with Gasteiger partial charge in [0.15, 0.2) is 5.13 Å². The molecule has 2 N–H and O–H groups in total. The third-order valence-electron chi connectivity index (χ3n) is 3.73. The molecule has 1 heterocycles. The maximum Gasteiger partial charge on any atom is 0.255 e. The number of amides is 2. The number of aryl methyl sites for hydroxylation is 1. The zero-order chi connectivity index (χ0) is 20.1. The lowest BCUT2D eigenvalue weighted by Gasteiger charge is -2.11. The van der Waals surface area contributed by atoms with Gasteiger partial charge in [0.2, 0.25) is 5.91 Å². The quantitative estimate of drug-likeness (QED) is 0.507. The highest BCUT2D eigenvalue weighted by Crippen LogP contribution is 2.26. The number of aromatic nitrogens is 1. The van der Waals surface area contributed by atoms with Crippen molar-refractivity contribution in [2.45, 2.75) is 24.0 Å². The van der Waals surface area contributed by atoms with Crippen molar-refractivity contribution in [1.29, 1.82) is 0 Å². The number of hydrogen-bond donors (Lipinski definition) is 2. The minimum Gasteiger partial charge on any atom is -0.322 e. The van der Waals surface area contributed by atoms with Gasteiger partial charge in [-0.25, -0.2) is 4.98 Å². The number of benzene rings is 2. The molecule has 0 radical (unpaired) electrons. The molecule has 1 atom stereocenters. The summed E-state index contributed by atoms with van der Waals surface area (Å²) in [7, 11) is 0. The van der Waals surface area contributed by atoms with Gasteiger partial charge >= 0.3 is 0 Å². The molecular weight excluding hydrogens is 414 g/mol. The third kappa shape index (κ3) is 5.58. The number of carbonyl (C=O) groups is 2. The largest absolute Gasteiger partial charge is 0.322 e. The summed E-state index contributed by atoms with van der Waals surface area (Å²) in [5.41, 5.74) is 2.05. The molecule has 0 aliphatic heterocycles. The Morgan fingerprint density at radius 1 is 1.14 bits per heavy atom. The van der Waals surface area contributed by atoms with Gasteiger partial charge in [-0.15, -0.1) is 23.1 Å². The summed E-state index contributed by atoms with van der Waals surface area (Å²) >= 11 is 8.77. The minimum absolute atomic E-state index is 0.0994. The molecule has 0 fully saturated rings. The van der Waals surface area contributed by atoms with Crippen LogP contribution in [0.4, 0.5) is 10.8 Å². The van der Waals surface area contributed by atoms with E-state index in [1.165, 1.54) is 23.1 Å². The highest BCUT2D eigenvalue weighted by Gasteiger charge is 2.16. The van der Waals surface area contributed by atoms with E-state index in [2.05, 4.69) is 15.6 Å². The first kappa shape index (κ1) is 20.4. The number of thioether (sulfide) groups is 1. The zero-order valence-electron chi connectivity index (χ0n) is 15.2. The van der Waals surface area contributed by atoms with E-state index in [9.17, 15) is 9.59 Å². The monoisotopic (exact) mass is 431 g/mol. The highest BCUT2D eigenvalue weighted by atomic mass is 35.5. The Balaban J connectivity index is 1.56. The van der Waals surface area contributed by atoms with Crippen molar-refractivity contribution >= 4 is 57.3 Å². The van der Waals surface area contributed by atoms with Crippen molar-refractivity contribution in [3.8, 4) is 0 Å². The fraction of sp³-hybridized carbons (Fsp3) is 0.150. The Bertz CT molecular complexity index is 989. The molecule has 8 heteroatoms. The van der Waals surface area contributed by atoms with Gasteiger partial charge < -0.3 is 10.6 Å². The molecule has 0 saturated heterocycles. The lowest BCUT2D eigenvalue weighted by Crippen LogP contribution is -2.22. The predicted octanol–water partition coefficient (Wildman–Crippen LogP) is 5.48. The molecule has 0 bridgehead atoms. The minimum atomic E-state index is -0.281. The summed E-state index contributed by atoms with van der Waals surface area (Å²) in [5.74, 6) is -0.327. The van der Waals surface area contributed by atoms with Crippen LogP contribution < -0.4 is 10.6 Å². The summed E-state index contributed by atoms with van der Waals surface area (Å²) in [6.07, 6.45) is 0. The summed E-state index contributed by atoms with van der Waals surface area (Å²) in [6, 6.07) is 14.1. The Labute approximate surface area is 176 Å². The second-order valence-corrected chi connectivity index (χ2v) is 8.74. The van der Waals surface area contributed by atoms with E-state index in [-0.39, 0.29) is 17.1 Å². The lowest BCUT2D eigenvalue weighted by atomic mass is 10.2. The zero-order valence-corrected chi connectivity index (χ0v) is 17.6. The van der Waals surface area contributed by atoms with Crippen LogP contribution in [0.2, 0.25) is 5.02 Å². The average Bonchev–Trinajstić information content (AvgIpc) is 3.08. The molecule has 2 amide bonds. The van der Waals surface area contributed by atoms with Crippen LogP contribution in [0.3, 0.4) is 0 Å². The van der Waals surface area contributed by atoms with Gasteiger partial charge in [0, 0.05) is 26.5 Å². The number of halogens is 1. The van der Waals surface area contributed by atoms with Crippen molar-refractivity contribution < 1.29 is 9.59 Å². The molecule has 5 nitrogen and oxygen atoms in total. The van der Waals surface area contributed by atoms with Crippen LogP contribution in [0.25, 0.3) is 0 Å². The van der Waals surface area contributed by atoms with Crippen LogP contribution in [-0.4, -0.2) is 22.0 Å². The number of rotatable bonds is 6. The molecule has 144 valence electrons. The van der Waals surface area contributed by atoms with Crippen LogP contribution in [-0.2, 0) is 4.79 Å². The molecule has 1 unspecified atom stereocenters. The fourth-order valence-electron chi connectivity index (χ4n) is 2.33. The maximum absolute atomic E-state index is 12.3. The molecule has 0 spiro atoms. The van der Waals surface area contributed by atoms with Gasteiger partial charge in [0.05, 0.1) is 10.9 Å². The number of nitrogens with one attached hydrogen (secondary N) is 2. The summed E-state index contributed by atoms with van der Waals surface area (Å²) in [5, 5.41) is 8.38. The predicted molar refractivity (Wildman–Crippen MR) is 117 cm³/mol. The molecule has 0 aliphatic rings. The normalized spacial score (nSPS) is 11.7. The number of thiazole rings is 1. The smallest absolute Gasteiger partial charge is 0.255 e. The number of carbonyl (C=O) groups excluding carboxylic acids is 2. The topological polar surface area (TPSA) is 71.1 Å². The SMILES string of the molecule is Cc1csc(NC(=O)C(C)Sc2ccc(NC(=O)c3cccc(Cl)c3)cc2)n1. The first-order valence-corrected chi connectivity index (χ1v) is 10.6. The van der Waals surface area contributed by atoms with Crippen molar-refractivity contribution in [2.75, 3.05) is 10.6 Å². The number of hydrogen-bond acceptors (Lipinski definition) is 5. The number of anilines is 2. The van der Waals surface area contributed by atoms with E-state index >= 15 is 0 Å². The summed E-state index contributed by atoms with van der Waals surface area (Å²) in [6.45, 7) is 3.73. The molecule has 2 aromatic carbocycles. The molecule has 28 heavy (non-hydrogen) atoms. The molecule has 0 aliphatic carbocycles. The Kier molecular flexibility index (Phi) is 6.72. The Hall–Kier alpha value is -2.35. The van der Waals surface area contributed by atoms with Gasteiger partial charge in [-0.2, -0.15) is 0 Å². The lowest BCUT2D eigenvalue weighted by molar-refractivity contribution is -0.115. The van der Waals surface area contributed by atoms with Crippen LogP contribution in [0.1, 0.15) is 23.0 Å². The van der Waals surface area contributed by atoms with E-state index in [1.54, 1.807) is 36.4 Å². The molecule has 1 aromatic heterocycles. The van der Waals surface area contributed by atoms with Crippen LogP contribution in [0.5, 0.6) is 0 Å². The summed E-state index contributed by atoms with van der Waals surface area (Å²) < 4.78 is 0. The van der Waals surface area contributed by atoms with Gasteiger partial charge in [0.1, 0.15) is 0 Å². The van der Waals surface area contributed by atoms with E-state index in [4.69, 9.17) is 11.6 Å². The number of nitrogens with zero attached hydrogens (tertiary/aromatic N) is 1. The van der Waals surface area contributed by atoms with Gasteiger partial charge in [0.25, 0.3) is 5.91 Å². The van der Waals surface area contributed by atoms with E-state index in [0.717, 1.165) is 10.6 Å². The van der Waals surface area contributed by atoms with Crippen LogP contribution in [0, 0.1) is 6.92 Å². The molecular formula is C20H18ClN3O2S2. The van der Waals surface area contributed by atoms with Crippen LogP contribution in [0.15, 0.2) is 58.8 Å². The molecule has 0 saturated carbocycles. The van der Waals surface area contributed by atoms with Crippen molar-refractivity contribution in [1.82, 2.24) is 4.98 Å². The van der Waals surface area contributed by atoms with E-state index < -0.39 is 0 Å². The standard InChI is InChI=1S/C20H18ClN3O2S2/c1-12-11-27-20(22-12)24-18(25)13(2)28-17-8-6-16(7-9-17)23-19(26)14-4-3-5-15(21)10-14/h3-11,13H,1-2H3,(H,23,26)(H,22,24,25). The highest BCUT2D eigenvalue weighted by molar-refractivity contribution is 8.00. The molecule has 3 aromatic rings. The third-order valence-corrected chi connectivity index (χ3v) is 5.95. The van der Waals surface area contributed by atoms with Crippen LogP contribution >= 0.6 is 34.7 Å². The second-order valence-electron chi connectivity index (χ2n) is 6.03. The average molecular weight is 432 g/mol. The van der Waals surface area contributed by atoms with Crippen molar-refractivity contribution in [3.63, 3.8) is 0 Å². The van der Waals surface area contributed by atoms with E-state index in [1.807, 2.05) is 31.4 Å². The van der Waals surface area contributed by atoms with E-state index in [0.29, 0.717) is 21.4 Å². The molecule has 3 rings (SSSR count). The fourth-order valence-corrected chi connectivity index (χ4v) is 4.07. The van der Waals surface area contributed by atoms with Crippen molar-refractivity contribution in [2.24, 2.45) is 0 Å². The Morgan fingerprint density at radius 3 is 2.54 bits per heavy atom. The maximum atomic E-state index is 12.3.